The second-order valence-electron chi connectivity index (χ2n) is 4.27. The molecule has 0 unspecified atom stereocenters. The Kier molecular flexibility index (Phi) is 4.68. The van der Waals surface area contributed by atoms with Crippen molar-refractivity contribution in [3.05, 3.63) is 65.7 Å². The van der Waals surface area contributed by atoms with Crippen LogP contribution in [0.15, 0.2) is 54.6 Å². The number of rotatable bonds is 2. The summed E-state index contributed by atoms with van der Waals surface area (Å²) in [6.07, 6.45) is 0. The first kappa shape index (κ1) is 14.0. The Balaban J connectivity index is 1.85. The molecule has 0 saturated carbocycles. The Hall–Kier alpha value is -2.40. The van der Waals surface area contributed by atoms with Gasteiger partial charge in [0.05, 0.1) is 0 Å². The molecule has 2 rings (SSSR count). The number of amides is 1. The monoisotopic (exact) mass is 285 g/mol. The van der Waals surface area contributed by atoms with Crippen LogP contribution in [0.1, 0.15) is 15.9 Å². The number of carbonyl (C=O) groups excluding carboxylic acids is 1. The summed E-state index contributed by atoms with van der Waals surface area (Å²) in [6.45, 7) is 2.00. The predicted octanol–water partition coefficient (Wildman–Crippen LogP) is 2.63. The summed E-state index contributed by atoms with van der Waals surface area (Å²) in [5.41, 5.74) is 7.78. The molecule has 0 saturated heterocycles. The Bertz CT molecular complexity index is 614. The Morgan fingerprint density at radius 1 is 1.00 bits per heavy atom. The number of hydrogen-bond acceptors (Lipinski definition) is 2. The van der Waals surface area contributed by atoms with E-state index in [9.17, 15) is 4.79 Å². The summed E-state index contributed by atoms with van der Waals surface area (Å²) in [6, 6.07) is 16.7. The van der Waals surface area contributed by atoms with Gasteiger partial charge in [-0.1, -0.05) is 30.3 Å². The van der Waals surface area contributed by atoms with E-state index in [1.165, 1.54) is 0 Å². The van der Waals surface area contributed by atoms with E-state index in [0.29, 0.717) is 10.7 Å². The van der Waals surface area contributed by atoms with Crippen LogP contribution in [0.2, 0.25) is 0 Å². The lowest BCUT2D eigenvalue weighted by molar-refractivity contribution is 0.0944. The fourth-order valence-electron chi connectivity index (χ4n) is 1.66. The quantitative estimate of drug-likeness (QED) is 0.586. The molecule has 0 aliphatic rings. The molecular weight excluding hydrogens is 270 g/mol. The molecule has 2 aromatic rings. The highest BCUT2D eigenvalue weighted by molar-refractivity contribution is 7.80. The van der Waals surface area contributed by atoms with E-state index < -0.39 is 0 Å². The summed E-state index contributed by atoms with van der Waals surface area (Å²) in [7, 11) is 0. The maximum atomic E-state index is 11.8. The van der Waals surface area contributed by atoms with Crippen molar-refractivity contribution in [2.45, 2.75) is 6.92 Å². The highest BCUT2D eigenvalue weighted by Crippen LogP contribution is 2.08. The summed E-state index contributed by atoms with van der Waals surface area (Å²) in [4.78, 5) is 11.8. The van der Waals surface area contributed by atoms with Gasteiger partial charge in [0.25, 0.3) is 5.91 Å². The molecule has 0 heterocycles. The smallest absolute Gasteiger partial charge is 0.269 e. The third-order valence-corrected chi connectivity index (χ3v) is 2.81. The van der Waals surface area contributed by atoms with Crippen LogP contribution in [0, 0.1) is 6.92 Å². The molecule has 0 aliphatic heterocycles. The van der Waals surface area contributed by atoms with E-state index in [1.807, 2.05) is 37.3 Å². The zero-order valence-electron chi connectivity index (χ0n) is 11.0. The number of thiocarbonyl (C=S) groups is 1. The predicted molar refractivity (Wildman–Crippen MR) is 84.4 cm³/mol. The van der Waals surface area contributed by atoms with Crippen LogP contribution in [0.3, 0.4) is 0 Å². The van der Waals surface area contributed by atoms with Crippen LogP contribution in [0.25, 0.3) is 0 Å². The van der Waals surface area contributed by atoms with Crippen molar-refractivity contribution in [3.63, 3.8) is 0 Å². The van der Waals surface area contributed by atoms with E-state index in [4.69, 9.17) is 12.2 Å². The molecule has 4 nitrogen and oxygen atoms in total. The molecule has 0 spiro atoms. The number of anilines is 1. The Morgan fingerprint density at radius 3 is 2.45 bits per heavy atom. The zero-order valence-corrected chi connectivity index (χ0v) is 11.8. The van der Waals surface area contributed by atoms with Crippen molar-refractivity contribution in [1.82, 2.24) is 10.9 Å². The Morgan fingerprint density at radius 2 is 1.75 bits per heavy atom. The molecule has 2 aromatic carbocycles. The molecule has 0 atom stereocenters. The van der Waals surface area contributed by atoms with Crippen molar-refractivity contribution < 1.29 is 4.79 Å². The van der Waals surface area contributed by atoms with Gasteiger partial charge >= 0.3 is 0 Å². The van der Waals surface area contributed by atoms with Gasteiger partial charge in [-0.2, -0.15) is 0 Å². The van der Waals surface area contributed by atoms with E-state index in [2.05, 4.69) is 16.2 Å². The molecule has 20 heavy (non-hydrogen) atoms. The van der Waals surface area contributed by atoms with Crippen molar-refractivity contribution in [2.75, 3.05) is 5.32 Å². The number of benzene rings is 2. The van der Waals surface area contributed by atoms with Gasteiger partial charge in [0.2, 0.25) is 0 Å². The second kappa shape index (κ2) is 6.68. The fraction of sp³-hybridized carbons (Fsp3) is 0.0667. The first-order valence-corrected chi connectivity index (χ1v) is 6.55. The number of hydrogen-bond donors (Lipinski definition) is 3. The maximum absolute atomic E-state index is 11.8. The molecule has 0 aromatic heterocycles. The molecule has 0 fully saturated rings. The van der Waals surface area contributed by atoms with Gasteiger partial charge in [-0.25, -0.2) is 0 Å². The van der Waals surface area contributed by atoms with Crippen LogP contribution in [0.5, 0.6) is 0 Å². The average molecular weight is 285 g/mol. The third kappa shape index (κ3) is 4.07. The molecular formula is C15H15N3OS. The Labute approximate surface area is 123 Å². The maximum Gasteiger partial charge on any atom is 0.269 e. The number of nitrogens with one attached hydrogen (secondary N) is 3. The molecule has 3 N–H and O–H groups in total. The highest BCUT2D eigenvalue weighted by atomic mass is 32.1. The molecule has 0 bridgehead atoms. The molecule has 0 radical (unpaired) electrons. The van der Waals surface area contributed by atoms with Crippen molar-refractivity contribution >= 4 is 28.9 Å². The van der Waals surface area contributed by atoms with Gasteiger partial charge in [0.15, 0.2) is 5.11 Å². The van der Waals surface area contributed by atoms with Crippen LogP contribution in [-0.4, -0.2) is 11.0 Å². The van der Waals surface area contributed by atoms with Gasteiger partial charge in [-0.3, -0.25) is 15.6 Å². The number of carbonyl (C=O) groups is 1. The zero-order chi connectivity index (χ0) is 14.4. The highest BCUT2D eigenvalue weighted by Gasteiger charge is 2.04. The number of aryl methyl sites for hydroxylation is 1. The SMILES string of the molecule is Cc1cccc(NC(=S)NNC(=O)c2ccccc2)c1. The third-order valence-electron chi connectivity index (χ3n) is 2.60. The minimum Gasteiger partial charge on any atom is -0.331 e. The summed E-state index contributed by atoms with van der Waals surface area (Å²) in [5.74, 6) is -0.237. The second-order valence-corrected chi connectivity index (χ2v) is 4.68. The molecule has 1 amide bonds. The summed E-state index contributed by atoms with van der Waals surface area (Å²) < 4.78 is 0. The van der Waals surface area contributed by atoms with E-state index in [0.717, 1.165) is 11.3 Å². The van der Waals surface area contributed by atoms with Gasteiger partial charge in [-0.05, 0) is 49.0 Å². The lowest BCUT2D eigenvalue weighted by Gasteiger charge is -2.11. The van der Waals surface area contributed by atoms with Crippen molar-refractivity contribution in [3.8, 4) is 0 Å². The molecule has 5 heteroatoms. The van der Waals surface area contributed by atoms with Crippen molar-refractivity contribution in [2.24, 2.45) is 0 Å². The topological polar surface area (TPSA) is 53.2 Å². The lowest BCUT2D eigenvalue weighted by atomic mass is 10.2. The van der Waals surface area contributed by atoms with Gasteiger partial charge in [0, 0.05) is 11.3 Å². The van der Waals surface area contributed by atoms with Crippen molar-refractivity contribution in [1.29, 1.82) is 0 Å². The number of hydrazine groups is 1. The van der Waals surface area contributed by atoms with Gasteiger partial charge < -0.3 is 5.32 Å². The standard InChI is InChI=1S/C15H15N3OS/c1-11-6-5-9-13(10-11)16-15(20)18-17-14(19)12-7-3-2-4-8-12/h2-10H,1H3,(H,17,19)(H2,16,18,20). The molecule has 0 aliphatic carbocycles. The minimum absolute atomic E-state index is 0.237. The van der Waals surface area contributed by atoms with E-state index in [-0.39, 0.29) is 5.91 Å². The molecule has 102 valence electrons. The fourth-order valence-corrected chi connectivity index (χ4v) is 1.83. The summed E-state index contributed by atoms with van der Waals surface area (Å²) >= 11 is 5.11. The lowest BCUT2D eigenvalue weighted by Crippen LogP contribution is -2.43. The van der Waals surface area contributed by atoms with E-state index >= 15 is 0 Å². The van der Waals surface area contributed by atoms with Crippen LogP contribution >= 0.6 is 12.2 Å². The first-order valence-electron chi connectivity index (χ1n) is 6.14. The largest absolute Gasteiger partial charge is 0.331 e. The van der Waals surface area contributed by atoms with Crippen LogP contribution in [0.4, 0.5) is 5.69 Å². The van der Waals surface area contributed by atoms with Gasteiger partial charge in [0.1, 0.15) is 0 Å². The average Bonchev–Trinajstić information content (AvgIpc) is 2.46. The van der Waals surface area contributed by atoms with Crippen LogP contribution < -0.4 is 16.2 Å². The van der Waals surface area contributed by atoms with E-state index in [1.54, 1.807) is 24.3 Å². The first-order chi connectivity index (χ1) is 9.65. The minimum atomic E-state index is -0.237. The van der Waals surface area contributed by atoms with Gasteiger partial charge in [-0.15, -0.1) is 0 Å². The summed E-state index contributed by atoms with van der Waals surface area (Å²) in [5, 5.41) is 3.33. The normalized spacial score (nSPS) is 9.65. The van der Waals surface area contributed by atoms with Crippen LogP contribution in [-0.2, 0) is 0 Å².